The molecule has 1 aliphatic heterocycles. The monoisotopic (exact) mass is 448 g/mol. The van der Waals surface area contributed by atoms with Gasteiger partial charge in [-0.2, -0.15) is 4.31 Å². The van der Waals surface area contributed by atoms with Crippen molar-refractivity contribution in [1.82, 2.24) is 9.62 Å². The van der Waals surface area contributed by atoms with E-state index in [1.54, 1.807) is 50.6 Å². The van der Waals surface area contributed by atoms with Crippen molar-refractivity contribution in [3.63, 3.8) is 0 Å². The van der Waals surface area contributed by atoms with Crippen LogP contribution >= 0.6 is 0 Å². The zero-order chi connectivity index (χ0) is 22.4. The van der Waals surface area contributed by atoms with Gasteiger partial charge in [-0.05, 0) is 42.8 Å². The fourth-order valence-electron chi connectivity index (χ4n) is 3.41. The van der Waals surface area contributed by atoms with Gasteiger partial charge in [0, 0.05) is 24.2 Å². The number of nitrogens with zero attached hydrogens (tertiary/aromatic N) is 1. The lowest BCUT2D eigenvalue weighted by molar-refractivity contribution is 0.0729. The van der Waals surface area contributed by atoms with Gasteiger partial charge >= 0.3 is 0 Å². The third-order valence-electron chi connectivity index (χ3n) is 5.18. The number of methoxy groups -OCH3 is 2. The predicted octanol–water partition coefficient (Wildman–Crippen LogP) is 2.36. The summed E-state index contributed by atoms with van der Waals surface area (Å²) in [5.41, 5.74) is 1.87. The summed E-state index contributed by atoms with van der Waals surface area (Å²) in [6, 6.07) is 11.7. The molecule has 2 aromatic rings. The Labute approximate surface area is 183 Å². The Hall–Kier alpha value is -2.62. The number of nitrogens with one attached hydrogen (secondary N) is 1. The molecule has 0 bridgehead atoms. The molecule has 9 heteroatoms. The zero-order valence-corrected chi connectivity index (χ0v) is 18.8. The van der Waals surface area contributed by atoms with Crippen LogP contribution in [0.15, 0.2) is 42.5 Å². The zero-order valence-electron chi connectivity index (χ0n) is 18.0. The smallest absolute Gasteiger partial charge is 0.251 e. The lowest BCUT2D eigenvalue weighted by atomic mass is 10.1. The number of sulfonamides is 1. The van der Waals surface area contributed by atoms with Crippen molar-refractivity contribution in [2.24, 2.45) is 0 Å². The second-order valence-electron chi connectivity index (χ2n) is 7.27. The fraction of sp³-hybridized carbons (Fsp3) is 0.409. The van der Waals surface area contributed by atoms with Crippen LogP contribution in [0, 0.1) is 0 Å². The summed E-state index contributed by atoms with van der Waals surface area (Å²) in [7, 11) is -0.260. The van der Waals surface area contributed by atoms with E-state index in [1.807, 2.05) is 13.0 Å². The van der Waals surface area contributed by atoms with Crippen molar-refractivity contribution in [2.45, 2.75) is 18.7 Å². The van der Waals surface area contributed by atoms with E-state index >= 15 is 0 Å². The van der Waals surface area contributed by atoms with E-state index in [4.69, 9.17) is 14.2 Å². The average Bonchev–Trinajstić information content (AvgIpc) is 2.79. The third kappa shape index (κ3) is 5.75. The topological polar surface area (TPSA) is 94.2 Å². The predicted molar refractivity (Wildman–Crippen MR) is 117 cm³/mol. The third-order valence-corrected chi connectivity index (χ3v) is 7.03. The van der Waals surface area contributed by atoms with Gasteiger partial charge in [0.25, 0.3) is 5.91 Å². The van der Waals surface area contributed by atoms with Crippen molar-refractivity contribution in [1.29, 1.82) is 0 Å². The number of morpholine rings is 1. The minimum absolute atomic E-state index is 0.105. The van der Waals surface area contributed by atoms with Crippen molar-refractivity contribution in [3.05, 3.63) is 59.2 Å². The standard InChI is InChI=1S/C22H28N2O6S/c1-16(20-14-19(28-2)8-9-21(20)29-3)23-22(25)18-6-4-17(5-7-18)15-31(26,27)24-10-12-30-13-11-24/h4-9,14,16H,10-13,15H2,1-3H3,(H,23,25)/t16-/m0/s1. The van der Waals surface area contributed by atoms with Crippen LogP contribution in [0.4, 0.5) is 0 Å². The van der Waals surface area contributed by atoms with E-state index in [9.17, 15) is 13.2 Å². The molecule has 3 rings (SSSR count). The van der Waals surface area contributed by atoms with Crippen LogP contribution in [-0.2, 0) is 20.5 Å². The average molecular weight is 449 g/mol. The first-order valence-corrected chi connectivity index (χ1v) is 11.6. The quantitative estimate of drug-likeness (QED) is 0.666. The van der Waals surface area contributed by atoms with Crippen molar-refractivity contribution >= 4 is 15.9 Å². The highest BCUT2D eigenvalue weighted by molar-refractivity contribution is 7.88. The van der Waals surface area contributed by atoms with E-state index in [1.165, 1.54) is 4.31 Å². The Morgan fingerprint density at radius 1 is 1.10 bits per heavy atom. The number of amides is 1. The lowest BCUT2D eigenvalue weighted by Gasteiger charge is -2.26. The first-order chi connectivity index (χ1) is 14.8. The maximum absolute atomic E-state index is 12.7. The van der Waals surface area contributed by atoms with E-state index in [-0.39, 0.29) is 17.7 Å². The number of rotatable bonds is 8. The van der Waals surface area contributed by atoms with Crippen LogP contribution in [0.5, 0.6) is 11.5 Å². The van der Waals surface area contributed by atoms with E-state index in [0.717, 1.165) is 5.56 Å². The molecule has 1 amide bonds. The van der Waals surface area contributed by atoms with E-state index in [0.29, 0.717) is 48.9 Å². The van der Waals surface area contributed by atoms with Gasteiger partial charge in [0.2, 0.25) is 10.0 Å². The number of carbonyl (C=O) groups is 1. The van der Waals surface area contributed by atoms with Gasteiger partial charge in [-0.15, -0.1) is 0 Å². The first-order valence-electron chi connectivity index (χ1n) is 10.0. The molecule has 0 spiro atoms. The molecule has 0 aromatic heterocycles. The molecule has 1 N–H and O–H groups in total. The molecule has 1 heterocycles. The Balaban J connectivity index is 1.66. The maximum atomic E-state index is 12.7. The van der Waals surface area contributed by atoms with Crippen LogP contribution in [-0.4, -0.2) is 59.2 Å². The van der Waals surface area contributed by atoms with Gasteiger partial charge in [0.1, 0.15) is 11.5 Å². The summed E-state index contributed by atoms with van der Waals surface area (Å²) >= 11 is 0. The second-order valence-corrected chi connectivity index (χ2v) is 9.24. The molecule has 1 aliphatic rings. The molecule has 1 atom stereocenters. The molecule has 31 heavy (non-hydrogen) atoms. The number of carbonyl (C=O) groups excluding carboxylic acids is 1. The van der Waals surface area contributed by atoms with Gasteiger partial charge in [-0.25, -0.2) is 8.42 Å². The SMILES string of the molecule is COc1ccc(OC)c([C@H](C)NC(=O)c2ccc(CS(=O)(=O)N3CCOCC3)cc2)c1. The highest BCUT2D eigenvalue weighted by Crippen LogP contribution is 2.29. The Morgan fingerprint density at radius 3 is 2.39 bits per heavy atom. The highest BCUT2D eigenvalue weighted by Gasteiger charge is 2.24. The van der Waals surface area contributed by atoms with Crippen molar-refractivity contribution < 1.29 is 27.4 Å². The van der Waals surface area contributed by atoms with Crippen LogP contribution in [0.2, 0.25) is 0 Å². The Kier molecular flexibility index (Phi) is 7.53. The van der Waals surface area contributed by atoms with E-state index < -0.39 is 10.0 Å². The Bertz CT molecular complexity index is 1000. The molecule has 0 unspecified atom stereocenters. The van der Waals surface area contributed by atoms with Gasteiger partial charge in [-0.3, -0.25) is 4.79 Å². The molecule has 1 fully saturated rings. The normalized spacial score (nSPS) is 15.8. The van der Waals surface area contributed by atoms with Gasteiger partial charge in [-0.1, -0.05) is 12.1 Å². The summed E-state index contributed by atoms with van der Waals surface area (Å²) in [4.78, 5) is 12.7. The molecule has 168 valence electrons. The number of benzene rings is 2. The van der Waals surface area contributed by atoms with Gasteiger partial charge < -0.3 is 19.5 Å². The molecule has 0 aliphatic carbocycles. The van der Waals surface area contributed by atoms with Gasteiger partial charge in [0.05, 0.1) is 39.2 Å². The maximum Gasteiger partial charge on any atom is 0.251 e. The summed E-state index contributed by atoms with van der Waals surface area (Å²) in [6.07, 6.45) is 0. The molecule has 2 aromatic carbocycles. The minimum atomic E-state index is -3.41. The summed E-state index contributed by atoms with van der Waals surface area (Å²) in [5.74, 6) is 0.951. The molecular weight excluding hydrogens is 420 g/mol. The summed E-state index contributed by atoms with van der Waals surface area (Å²) in [5, 5.41) is 2.94. The molecule has 1 saturated heterocycles. The first kappa shape index (κ1) is 23.1. The molecule has 0 saturated carbocycles. The van der Waals surface area contributed by atoms with Crippen molar-refractivity contribution in [2.75, 3.05) is 40.5 Å². The lowest BCUT2D eigenvalue weighted by Crippen LogP contribution is -2.41. The van der Waals surface area contributed by atoms with Crippen molar-refractivity contribution in [3.8, 4) is 11.5 Å². The molecular formula is C22H28N2O6S. The summed E-state index contributed by atoms with van der Waals surface area (Å²) in [6.45, 7) is 3.42. The van der Waals surface area contributed by atoms with Crippen LogP contribution in [0.3, 0.4) is 0 Å². The van der Waals surface area contributed by atoms with Crippen LogP contribution < -0.4 is 14.8 Å². The largest absolute Gasteiger partial charge is 0.497 e. The second kappa shape index (κ2) is 10.1. The van der Waals surface area contributed by atoms with Crippen LogP contribution in [0.1, 0.15) is 34.5 Å². The highest BCUT2D eigenvalue weighted by atomic mass is 32.2. The molecule has 8 nitrogen and oxygen atoms in total. The summed E-state index contributed by atoms with van der Waals surface area (Å²) < 4.78 is 42.4. The molecule has 0 radical (unpaired) electrons. The number of ether oxygens (including phenoxy) is 3. The Morgan fingerprint density at radius 2 is 1.77 bits per heavy atom. The van der Waals surface area contributed by atoms with Gasteiger partial charge in [0.15, 0.2) is 0 Å². The van der Waals surface area contributed by atoms with Crippen LogP contribution in [0.25, 0.3) is 0 Å². The number of hydrogen-bond donors (Lipinski definition) is 1. The minimum Gasteiger partial charge on any atom is -0.497 e. The number of hydrogen-bond acceptors (Lipinski definition) is 6. The van der Waals surface area contributed by atoms with E-state index in [2.05, 4.69) is 5.32 Å². The fourth-order valence-corrected chi connectivity index (χ4v) is 4.92.